The number of sulfonamides is 1. The number of hydrogen-bond acceptors (Lipinski definition) is 4. The van der Waals surface area contributed by atoms with Crippen molar-refractivity contribution in [2.24, 2.45) is 0 Å². The molecule has 2 rings (SSSR count). The number of piperidine rings is 1. The van der Waals surface area contributed by atoms with E-state index in [1.165, 1.54) is 16.6 Å². The molecule has 1 aliphatic rings. The predicted octanol–water partition coefficient (Wildman–Crippen LogP) is 0.983. The lowest BCUT2D eigenvalue weighted by Gasteiger charge is -2.32. The Hall–Kier alpha value is -1.05. The van der Waals surface area contributed by atoms with E-state index in [9.17, 15) is 12.8 Å². The maximum Gasteiger partial charge on any atom is 0.263 e. The highest BCUT2D eigenvalue weighted by molar-refractivity contribution is 7.89. The Morgan fingerprint density at radius 2 is 2.16 bits per heavy atom. The third-order valence-corrected chi connectivity index (χ3v) is 5.27. The van der Waals surface area contributed by atoms with Gasteiger partial charge in [-0.15, -0.1) is 0 Å². The molecular weight excluding hydrogens is 269 g/mol. The van der Waals surface area contributed by atoms with Crippen LogP contribution in [0.25, 0.3) is 0 Å². The molecule has 0 saturated carbocycles. The van der Waals surface area contributed by atoms with Gasteiger partial charge in [-0.3, -0.25) is 0 Å². The molecule has 0 spiro atoms. The van der Waals surface area contributed by atoms with Crippen LogP contribution in [0.1, 0.15) is 19.8 Å². The monoisotopic (exact) mass is 287 g/mol. The fourth-order valence-electron chi connectivity index (χ4n) is 2.39. The van der Waals surface area contributed by atoms with Gasteiger partial charge in [0.25, 0.3) is 10.0 Å². The van der Waals surface area contributed by atoms with E-state index in [1.54, 1.807) is 6.92 Å². The van der Waals surface area contributed by atoms with Crippen LogP contribution in [0.4, 0.5) is 4.39 Å². The van der Waals surface area contributed by atoms with E-state index in [0.717, 1.165) is 32.0 Å². The second kappa shape index (κ2) is 5.94. The van der Waals surface area contributed by atoms with E-state index in [0.29, 0.717) is 6.54 Å². The van der Waals surface area contributed by atoms with Gasteiger partial charge in [0.15, 0.2) is 5.82 Å². The van der Waals surface area contributed by atoms with Crippen molar-refractivity contribution < 1.29 is 12.8 Å². The summed E-state index contributed by atoms with van der Waals surface area (Å²) in [5, 5.41) is 2.71. The normalized spacial score (nSPS) is 17.8. The summed E-state index contributed by atoms with van der Waals surface area (Å²) in [7, 11) is -3.86. The minimum absolute atomic E-state index is 0.0855. The molecule has 0 aromatic carbocycles. The summed E-state index contributed by atoms with van der Waals surface area (Å²) < 4.78 is 40.0. The van der Waals surface area contributed by atoms with Gasteiger partial charge in [-0.1, -0.05) is 6.92 Å². The zero-order valence-corrected chi connectivity index (χ0v) is 11.7. The molecule has 0 amide bonds. The van der Waals surface area contributed by atoms with Crippen LogP contribution in [0.3, 0.4) is 0 Å². The maximum atomic E-state index is 13.7. The summed E-state index contributed by atoms with van der Waals surface area (Å²) in [5.41, 5.74) is 0. The lowest BCUT2D eigenvalue weighted by Crippen LogP contribution is -2.46. The summed E-state index contributed by atoms with van der Waals surface area (Å²) in [6.07, 6.45) is 2.77. The highest BCUT2D eigenvalue weighted by Gasteiger charge is 2.33. The molecule has 5 nitrogen and oxygen atoms in total. The number of aromatic nitrogens is 1. The number of nitrogens with zero attached hydrogens (tertiary/aromatic N) is 2. The molecule has 1 aromatic heterocycles. The Kier molecular flexibility index (Phi) is 4.49. The van der Waals surface area contributed by atoms with E-state index in [4.69, 9.17) is 0 Å². The van der Waals surface area contributed by atoms with E-state index in [2.05, 4.69) is 10.3 Å². The molecule has 1 aromatic rings. The average molecular weight is 287 g/mol. The standard InChI is InChI=1S/C12H18FN3O2S/c1-2-16(10-5-8-14-9-6-10)19(17,18)12-11(13)4-3-7-15-12/h3-4,7,10,14H,2,5-6,8-9H2,1H3. The first-order chi connectivity index (χ1) is 9.07. The zero-order valence-electron chi connectivity index (χ0n) is 10.8. The Bertz CT molecular complexity index is 530. The van der Waals surface area contributed by atoms with Crippen molar-refractivity contribution in [3.05, 3.63) is 24.1 Å². The molecule has 0 aliphatic carbocycles. The second-order valence-electron chi connectivity index (χ2n) is 4.48. The summed E-state index contributed by atoms with van der Waals surface area (Å²) in [5.74, 6) is -0.796. The number of hydrogen-bond donors (Lipinski definition) is 1. The van der Waals surface area contributed by atoms with Crippen LogP contribution < -0.4 is 5.32 Å². The molecule has 1 saturated heterocycles. The lowest BCUT2D eigenvalue weighted by molar-refractivity contribution is 0.269. The molecule has 19 heavy (non-hydrogen) atoms. The van der Waals surface area contributed by atoms with Crippen molar-refractivity contribution in [2.75, 3.05) is 19.6 Å². The molecule has 0 atom stereocenters. The van der Waals surface area contributed by atoms with Gasteiger partial charge in [-0.05, 0) is 38.1 Å². The van der Waals surface area contributed by atoms with Crippen LogP contribution in [-0.2, 0) is 10.0 Å². The highest BCUT2D eigenvalue weighted by Crippen LogP contribution is 2.22. The first-order valence-corrected chi connectivity index (χ1v) is 7.84. The van der Waals surface area contributed by atoms with Crippen molar-refractivity contribution in [3.63, 3.8) is 0 Å². The SMILES string of the molecule is CCN(C1CCNCC1)S(=O)(=O)c1ncccc1F. The van der Waals surface area contributed by atoms with Gasteiger partial charge in [0.05, 0.1) is 0 Å². The minimum Gasteiger partial charge on any atom is -0.317 e. The van der Waals surface area contributed by atoms with Crippen LogP contribution >= 0.6 is 0 Å². The van der Waals surface area contributed by atoms with Crippen LogP contribution in [0.5, 0.6) is 0 Å². The molecule has 106 valence electrons. The summed E-state index contributed by atoms with van der Waals surface area (Å²) in [6.45, 7) is 3.65. The lowest BCUT2D eigenvalue weighted by atomic mass is 10.1. The Balaban J connectivity index is 2.33. The van der Waals surface area contributed by atoms with Crippen molar-refractivity contribution in [1.82, 2.24) is 14.6 Å². The summed E-state index contributed by atoms with van der Waals surface area (Å²) >= 11 is 0. The highest BCUT2D eigenvalue weighted by atomic mass is 32.2. The Labute approximate surface area is 112 Å². The first-order valence-electron chi connectivity index (χ1n) is 6.40. The number of halogens is 1. The van der Waals surface area contributed by atoms with Crippen LogP contribution in [0, 0.1) is 5.82 Å². The molecule has 7 heteroatoms. The summed E-state index contributed by atoms with van der Waals surface area (Å²) in [6, 6.07) is 2.42. The third-order valence-electron chi connectivity index (χ3n) is 3.31. The van der Waals surface area contributed by atoms with E-state index in [1.807, 2.05) is 0 Å². The van der Waals surface area contributed by atoms with Crippen molar-refractivity contribution in [1.29, 1.82) is 0 Å². The fourth-order valence-corrected chi connectivity index (χ4v) is 4.07. The molecule has 0 unspecified atom stereocenters. The Morgan fingerprint density at radius 3 is 2.74 bits per heavy atom. The molecular formula is C12H18FN3O2S. The van der Waals surface area contributed by atoms with Gasteiger partial charge in [0.2, 0.25) is 5.03 Å². The molecule has 0 radical (unpaired) electrons. The molecule has 1 aliphatic heterocycles. The van der Waals surface area contributed by atoms with Gasteiger partial charge in [-0.2, -0.15) is 4.31 Å². The largest absolute Gasteiger partial charge is 0.317 e. The van der Waals surface area contributed by atoms with Gasteiger partial charge >= 0.3 is 0 Å². The van der Waals surface area contributed by atoms with Crippen molar-refractivity contribution >= 4 is 10.0 Å². The van der Waals surface area contributed by atoms with E-state index >= 15 is 0 Å². The van der Waals surface area contributed by atoms with E-state index in [-0.39, 0.29) is 6.04 Å². The average Bonchev–Trinajstić information content (AvgIpc) is 2.40. The van der Waals surface area contributed by atoms with Crippen LogP contribution in [-0.4, -0.2) is 43.4 Å². The summed E-state index contributed by atoms with van der Waals surface area (Å²) in [4.78, 5) is 3.69. The zero-order chi connectivity index (χ0) is 13.9. The first kappa shape index (κ1) is 14.4. The maximum absolute atomic E-state index is 13.7. The number of pyridine rings is 1. The van der Waals surface area contributed by atoms with Gasteiger partial charge in [0.1, 0.15) is 0 Å². The quantitative estimate of drug-likeness (QED) is 0.897. The van der Waals surface area contributed by atoms with Crippen LogP contribution in [0.2, 0.25) is 0 Å². The van der Waals surface area contributed by atoms with Crippen molar-refractivity contribution in [3.8, 4) is 0 Å². The topological polar surface area (TPSA) is 62.3 Å². The second-order valence-corrected chi connectivity index (χ2v) is 6.29. The number of rotatable bonds is 4. The minimum atomic E-state index is -3.86. The molecule has 0 bridgehead atoms. The van der Waals surface area contributed by atoms with Crippen LogP contribution in [0.15, 0.2) is 23.4 Å². The van der Waals surface area contributed by atoms with Gasteiger partial charge in [0, 0.05) is 18.8 Å². The molecule has 1 N–H and O–H groups in total. The van der Waals surface area contributed by atoms with Crippen molar-refractivity contribution in [2.45, 2.75) is 30.8 Å². The van der Waals surface area contributed by atoms with Gasteiger partial charge < -0.3 is 5.32 Å². The predicted molar refractivity (Wildman–Crippen MR) is 69.7 cm³/mol. The smallest absolute Gasteiger partial charge is 0.263 e. The number of nitrogens with one attached hydrogen (secondary N) is 1. The van der Waals surface area contributed by atoms with E-state index < -0.39 is 20.9 Å². The molecule has 2 heterocycles. The fraction of sp³-hybridized carbons (Fsp3) is 0.583. The van der Waals surface area contributed by atoms with Gasteiger partial charge in [-0.25, -0.2) is 17.8 Å². The third kappa shape index (κ3) is 2.93. The molecule has 1 fully saturated rings. The Morgan fingerprint density at radius 1 is 1.47 bits per heavy atom.